The maximum Gasteiger partial charge on any atom is 0.271 e. The van der Waals surface area contributed by atoms with Gasteiger partial charge >= 0.3 is 0 Å². The summed E-state index contributed by atoms with van der Waals surface area (Å²) >= 11 is 0. The van der Waals surface area contributed by atoms with Gasteiger partial charge in [-0.15, -0.1) is 10.2 Å². The van der Waals surface area contributed by atoms with Gasteiger partial charge in [0.25, 0.3) is 5.91 Å². The summed E-state index contributed by atoms with van der Waals surface area (Å²) in [6.07, 6.45) is 3.72. The Morgan fingerprint density at radius 3 is 2.65 bits per heavy atom. The minimum Gasteiger partial charge on any atom is -0.393 e. The van der Waals surface area contributed by atoms with Crippen molar-refractivity contribution in [2.24, 2.45) is 5.92 Å². The fourth-order valence-corrected chi connectivity index (χ4v) is 2.40. The van der Waals surface area contributed by atoms with E-state index in [0.717, 1.165) is 32.2 Å². The van der Waals surface area contributed by atoms with Crippen molar-refractivity contribution >= 4 is 11.7 Å². The van der Waals surface area contributed by atoms with E-state index in [1.54, 1.807) is 12.1 Å². The van der Waals surface area contributed by atoms with Crippen LogP contribution in [-0.2, 0) is 0 Å². The van der Waals surface area contributed by atoms with Gasteiger partial charge in [0.05, 0.1) is 6.10 Å². The first kappa shape index (κ1) is 14.7. The number of amides is 1. The molecule has 0 saturated heterocycles. The molecule has 0 bridgehead atoms. The molecule has 0 aliphatic heterocycles. The lowest BCUT2D eigenvalue weighted by Crippen LogP contribution is -2.25. The Balaban J connectivity index is 1.80. The monoisotopic (exact) mass is 278 g/mol. The SMILES string of the molecule is CCNC(=O)c1ccc(NCC2CCC(O)CC2)nn1. The zero-order valence-electron chi connectivity index (χ0n) is 11.8. The number of carbonyl (C=O) groups is 1. The van der Waals surface area contributed by atoms with Crippen LogP contribution in [0.2, 0.25) is 0 Å². The molecule has 1 aliphatic rings. The van der Waals surface area contributed by atoms with Gasteiger partial charge in [-0.2, -0.15) is 0 Å². The van der Waals surface area contributed by atoms with E-state index in [1.165, 1.54) is 0 Å². The fourth-order valence-electron chi connectivity index (χ4n) is 2.40. The molecule has 0 spiro atoms. The molecule has 6 heteroatoms. The zero-order valence-corrected chi connectivity index (χ0v) is 11.8. The predicted molar refractivity (Wildman–Crippen MR) is 76.5 cm³/mol. The van der Waals surface area contributed by atoms with Crippen molar-refractivity contribution in [3.8, 4) is 0 Å². The molecular formula is C14H22N4O2. The minimum atomic E-state index is -0.201. The average Bonchev–Trinajstić information content (AvgIpc) is 2.47. The molecule has 1 aromatic heterocycles. The van der Waals surface area contributed by atoms with Gasteiger partial charge in [-0.3, -0.25) is 4.79 Å². The lowest BCUT2D eigenvalue weighted by Gasteiger charge is -2.25. The second-order valence-electron chi connectivity index (χ2n) is 5.22. The van der Waals surface area contributed by atoms with Crippen molar-refractivity contribution in [2.75, 3.05) is 18.4 Å². The molecule has 1 amide bonds. The van der Waals surface area contributed by atoms with E-state index in [1.807, 2.05) is 6.92 Å². The number of anilines is 1. The van der Waals surface area contributed by atoms with Gasteiger partial charge in [0.1, 0.15) is 5.82 Å². The van der Waals surface area contributed by atoms with Gasteiger partial charge in [0.2, 0.25) is 0 Å². The van der Waals surface area contributed by atoms with Crippen LogP contribution in [0.3, 0.4) is 0 Å². The van der Waals surface area contributed by atoms with Crippen LogP contribution >= 0.6 is 0 Å². The van der Waals surface area contributed by atoms with E-state index in [-0.39, 0.29) is 12.0 Å². The summed E-state index contributed by atoms with van der Waals surface area (Å²) in [6.45, 7) is 3.28. The maximum atomic E-state index is 11.5. The van der Waals surface area contributed by atoms with Crippen LogP contribution in [0, 0.1) is 5.92 Å². The normalized spacial score (nSPS) is 22.3. The third-order valence-corrected chi connectivity index (χ3v) is 3.62. The second kappa shape index (κ2) is 7.19. The Hall–Kier alpha value is -1.69. The van der Waals surface area contributed by atoms with E-state index in [2.05, 4.69) is 20.8 Å². The topological polar surface area (TPSA) is 87.1 Å². The van der Waals surface area contributed by atoms with Crippen molar-refractivity contribution in [3.63, 3.8) is 0 Å². The molecule has 1 saturated carbocycles. The lowest BCUT2D eigenvalue weighted by atomic mass is 9.87. The molecule has 0 aromatic carbocycles. The first-order chi connectivity index (χ1) is 9.69. The zero-order chi connectivity index (χ0) is 14.4. The largest absolute Gasteiger partial charge is 0.393 e. The van der Waals surface area contributed by atoms with Gasteiger partial charge in [-0.25, -0.2) is 0 Å². The summed E-state index contributed by atoms with van der Waals surface area (Å²) in [5.74, 6) is 1.06. The molecule has 110 valence electrons. The molecular weight excluding hydrogens is 256 g/mol. The highest BCUT2D eigenvalue weighted by Gasteiger charge is 2.19. The van der Waals surface area contributed by atoms with Crippen molar-refractivity contribution in [1.29, 1.82) is 0 Å². The molecule has 0 atom stereocenters. The van der Waals surface area contributed by atoms with Crippen molar-refractivity contribution in [2.45, 2.75) is 38.7 Å². The van der Waals surface area contributed by atoms with Crippen molar-refractivity contribution in [1.82, 2.24) is 15.5 Å². The number of aromatic nitrogens is 2. The number of hydrogen-bond acceptors (Lipinski definition) is 5. The molecule has 1 aliphatic carbocycles. The number of nitrogens with one attached hydrogen (secondary N) is 2. The third-order valence-electron chi connectivity index (χ3n) is 3.62. The highest BCUT2D eigenvalue weighted by molar-refractivity contribution is 5.92. The molecule has 1 heterocycles. The van der Waals surface area contributed by atoms with Crippen LogP contribution in [0.25, 0.3) is 0 Å². The van der Waals surface area contributed by atoms with E-state index in [9.17, 15) is 9.90 Å². The Morgan fingerprint density at radius 1 is 1.30 bits per heavy atom. The van der Waals surface area contributed by atoms with Crippen LogP contribution in [0.1, 0.15) is 43.1 Å². The van der Waals surface area contributed by atoms with Crippen LogP contribution in [0.15, 0.2) is 12.1 Å². The fraction of sp³-hybridized carbons (Fsp3) is 0.643. The van der Waals surface area contributed by atoms with Gasteiger partial charge in [-0.05, 0) is 50.7 Å². The highest BCUT2D eigenvalue weighted by atomic mass is 16.3. The van der Waals surface area contributed by atoms with Gasteiger partial charge in [0, 0.05) is 13.1 Å². The van der Waals surface area contributed by atoms with Gasteiger partial charge in [0.15, 0.2) is 5.69 Å². The number of carbonyl (C=O) groups excluding carboxylic acids is 1. The summed E-state index contributed by atoms with van der Waals surface area (Å²) in [5.41, 5.74) is 0.332. The predicted octanol–water partition coefficient (Wildman–Crippen LogP) is 1.19. The standard InChI is InChI=1S/C14H22N4O2/c1-2-15-14(20)12-7-8-13(18-17-12)16-9-10-3-5-11(19)6-4-10/h7-8,10-11,19H,2-6,9H2,1H3,(H,15,20)(H,16,18). The lowest BCUT2D eigenvalue weighted by molar-refractivity contribution is 0.0950. The number of nitrogens with zero attached hydrogens (tertiary/aromatic N) is 2. The number of aliphatic hydroxyl groups is 1. The summed E-state index contributed by atoms with van der Waals surface area (Å²) in [7, 11) is 0. The molecule has 6 nitrogen and oxygen atoms in total. The molecule has 1 fully saturated rings. The smallest absolute Gasteiger partial charge is 0.271 e. The Kier molecular flexibility index (Phi) is 5.29. The average molecular weight is 278 g/mol. The molecule has 0 radical (unpaired) electrons. The van der Waals surface area contributed by atoms with Crippen molar-refractivity contribution < 1.29 is 9.90 Å². The molecule has 3 N–H and O–H groups in total. The Labute approximate surface area is 119 Å². The van der Waals surface area contributed by atoms with E-state index in [0.29, 0.717) is 24.0 Å². The van der Waals surface area contributed by atoms with E-state index in [4.69, 9.17) is 0 Å². The first-order valence-corrected chi connectivity index (χ1v) is 7.23. The number of rotatable bonds is 5. The van der Waals surface area contributed by atoms with Gasteiger partial charge < -0.3 is 15.7 Å². The minimum absolute atomic E-state index is 0.123. The third kappa shape index (κ3) is 4.16. The molecule has 1 aromatic rings. The highest BCUT2D eigenvalue weighted by Crippen LogP contribution is 2.24. The van der Waals surface area contributed by atoms with Crippen molar-refractivity contribution in [3.05, 3.63) is 17.8 Å². The van der Waals surface area contributed by atoms with Crippen LogP contribution < -0.4 is 10.6 Å². The summed E-state index contributed by atoms with van der Waals surface area (Å²) in [4.78, 5) is 11.5. The first-order valence-electron chi connectivity index (χ1n) is 7.23. The Bertz CT molecular complexity index is 427. The molecule has 2 rings (SSSR count). The Morgan fingerprint density at radius 2 is 2.05 bits per heavy atom. The quantitative estimate of drug-likeness (QED) is 0.753. The van der Waals surface area contributed by atoms with E-state index < -0.39 is 0 Å². The number of aliphatic hydroxyl groups excluding tert-OH is 1. The second-order valence-corrected chi connectivity index (χ2v) is 5.22. The molecule has 0 unspecified atom stereocenters. The number of hydrogen-bond donors (Lipinski definition) is 3. The van der Waals surface area contributed by atoms with Crippen LogP contribution in [0.4, 0.5) is 5.82 Å². The summed E-state index contributed by atoms with van der Waals surface area (Å²) < 4.78 is 0. The molecule has 20 heavy (non-hydrogen) atoms. The summed E-state index contributed by atoms with van der Waals surface area (Å²) in [5, 5.41) is 23.3. The van der Waals surface area contributed by atoms with Crippen LogP contribution in [0.5, 0.6) is 0 Å². The van der Waals surface area contributed by atoms with Crippen LogP contribution in [-0.4, -0.2) is 40.4 Å². The maximum absolute atomic E-state index is 11.5. The van der Waals surface area contributed by atoms with Gasteiger partial charge in [-0.1, -0.05) is 0 Å². The summed E-state index contributed by atoms with van der Waals surface area (Å²) in [6, 6.07) is 3.44. The van der Waals surface area contributed by atoms with E-state index >= 15 is 0 Å².